The van der Waals surface area contributed by atoms with Gasteiger partial charge < -0.3 is 4.48 Å². The molecule has 0 aliphatic carbocycles. The van der Waals surface area contributed by atoms with Crippen LogP contribution in [-0.4, -0.2) is 49.4 Å². The highest BCUT2D eigenvalue weighted by atomic mass is 32.2. The van der Waals surface area contributed by atoms with Gasteiger partial charge in [-0.25, -0.2) is 0 Å². The summed E-state index contributed by atoms with van der Waals surface area (Å²) in [6, 6.07) is 0. The summed E-state index contributed by atoms with van der Waals surface area (Å²) in [5, 5.41) is 0. The predicted molar refractivity (Wildman–Crippen MR) is 106 cm³/mol. The second-order valence-electron chi connectivity index (χ2n) is 6.88. The molecule has 0 aliphatic rings. The molecule has 5 heteroatoms. The molecule has 4 nitrogen and oxygen atoms in total. The van der Waals surface area contributed by atoms with E-state index in [0.29, 0.717) is 6.42 Å². The fourth-order valence-corrected chi connectivity index (χ4v) is 3.87. The average Bonchev–Trinajstić information content (AvgIpc) is 2.51. The fraction of sp³-hybridized carbons (Fsp3) is 1.00. The maximum absolute atomic E-state index is 10.3. The lowest BCUT2D eigenvalue weighted by atomic mass is 10.1. The van der Waals surface area contributed by atoms with Crippen molar-refractivity contribution in [2.75, 3.05) is 31.9 Å². The molecule has 1 N–H and O–H groups in total. The Morgan fingerprint density at radius 1 is 0.667 bits per heavy atom. The van der Waals surface area contributed by atoms with Crippen molar-refractivity contribution < 1.29 is 17.5 Å². The molecule has 0 spiro atoms. The Bertz CT molecular complexity index is 339. The molecule has 0 saturated carbocycles. The monoisotopic (exact) mass is 366 g/mol. The average molecular weight is 367 g/mol. The molecule has 0 rings (SSSR count). The van der Waals surface area contributed by atoms with Crippen molar-refractivity contribution in [1.29, 1.82) is 0 Å². The van der Waals surface area contributed by atoms with Crippen LogP contribution in [0.15, 0.2) is 0 Å². The molecule has 148 valence electrons. The molecule has 0 amide bonds. The van der Waals surface area contributed by atoms with E-state index in [1.54, 1.807) is 0 Å². The van der Waals surface area contributed by atoms with Crippen molar-refractivity contribution in [1.82, 2.24) is 0 Å². The predicted octanol–water partition coefficient (Wildman–Crippen LogP) is 5.29. The number of rotatable bonds is 14. The van der Waals surface area contributed by atoms with Crippen LogP contribution in [0.5, 0.6) is 0 Å². The minimum Gasteiger partial charge on any atom is -0.324 e. The van der Waals surface area contributed by atoms with Crippen LogP contribution in [0.4, 0.5) is 0 Å². The van der Waals surface area contributed by atoms with Gasteiger partial charge in [-0.2, -0.15) is 8.42 Å². The Kier molecular flexibility index (Phi) is 17.8. The van der Waals surface area contributed by atoms with Crippen LogP contribution < -0.4 is 0 Å². The summed E-state index contributed by atoms with van der Waals surface area (Å²) < 4.78 is 30.3. The number of hydrogen-bond donors (Lipinski definition) is 1. The molecule has 0 heterocycles. The van der Waals surface area contributed by atoms with E-state index in [4.69, 9.17) is 4.55 Å². The van der Waals surface area contributed by atoms with Gasteiger partial charge in [0.05, 0.1) is 31.9 Å². The van der Waals surface area contributed by atoms with E-state index in [0.717, 1.165) is 12.8 Å². The molecule has 0 unspecified atom stereocenters. The van der Waals surface area contributed by atoms with E-state index in [-0.39, 0.29) is 5.75 Å². The Labute approximate surface area is 152 Å². The third-order valence-electron chi connectivity index (χ3n) is 4.52. The van der Waals surface area contributed by atoms with Crippen molar-refractivity contribution in [3.8, 4) is 0 Å². The smallest absolute Gasteiger partial charge is 0.264 e. The molecular weight excluding hydrogens is 322 g/mol. The first-order valence-corrected chi connectivity index (χ1v) is 11.7. The molecule has 0 atom stereocenters. The van der Waals surface area contributed by atoms with Crippen LogP contribution in [0, 0.1) is 0 Å². The first-order chi connectivity index (χ1) is 11.3. The Balaban J connectivity index is 0. The first-order valence-electron chi connectivity index (χ1n) is 10.1. The van der Waals surface area contributed by atoms with Crippen molar-refractivity contribution in [2.45, 2.75) is 92.4 Å². The molecule has 0 aliphatic heterocycles. The van der Waals surface area contributed by atoms with Crippen molar-refractivity contribution in [3.05, 3.63) is 0 Å². The highest BCUT2D eigenvalue weighted by Gasteiger charge is 2.21. The van der Waals surface area contributed by atoms with Crippen LogP contribution in [-0.2, 0) is 10.1 Å². The van der Waals surface area contributed by atoms with Gasteiger partial charge in [-0.1, -0.05) is 59.8 Å². The number of unbranched alkanes of at least 4 members (excludes halogenated alkanes) is 5. The molecule has 0 radical (unpaired) electrons. The molecule has 0 aromatic rings. The van der Waals surface area contributed by atoms with Gasteiger partial charge in [-0.3, -0.25) is 4.55 Å². The highest BCUT2D eigenvalue weighted by Crippen LogP contribution is 2.10. The van der Waals surface area contributed by atoms with E-state index < -0.39 is 10.1 Å². The van der Waals surface area contributed by atoms with Gasteiger partial charge in [0.2, 0.25) is 0 Å². The molecule has 24 heavy (non-hydrogen) atoms. The number of hydrogen-bond acceptors (Lipinski definition) is 2. The lowest BCUT2D eigenvalue weighted by Crippen LogP contribution is -2.49. The summed E-state index contributed by atoms with van der Waals surface area (Å²) in [7, 11) is -3.72. The Hall–Kier alpha value is -0.130. The molecule has 0 saturated heterocycles. The minimum atomic E-state index is -3.72. The summed E-state index contributed by atoms with van der Waals surface area (Å²) in [6.45, 7) is 16.8. The van der Waals surface area contributed by atoms with Crippen molar-refractivity contribution in [3.63, 3.8) is 0 Å². The van der Waals surface area contributed by atoms with Crippen molar-refractivity contribution in [2.24, 2.45) is 0 Å². The van der Waals surface area contributed by atoms with E-state index in [9.17, 15) is 8.42 Å². The van der Waals surface area contributed by atoms with E-state index in [1.807, 2.05) is 0 Å². The van der Waals surface area contributed by atoms with Gasteiger partial charge in [0.15, 0.2) is 0 Å². The van der Waals surface area contributed by atoms with Gasteiger partial charge in [-0.05, 0) is 32.6 Å². The highest BCUT2D eigenvalue weighted by molar-refractivity contribution is 7.85. The molecule has 0 bridgehead atoms. The third-order valence-corrected chi connectivity index (χ3v) is 5.33. The van der Waals surface area contributed by atoms with Gasteiger partial charge in [0.25, 0.3) is 10.1 Å². The van der Waals surface area contributed by atoms with Crippen molar-refractivity contribution >= 4 is 10.1 Å². The zero-order valence-electron chi connectivity index (χ0n) is 17.0. The lowest BCUT2D eigenvalue weighted by molar-refractivity contribution is -0.926. The summed E-state index contributed by atoms with van der Waals surface area (Å²) in [5.41, 5.74) is 0. The van der Waals surface area contributed by atoms with Crippen LogP contribution >= 0.6 is 0 Å². The normalized spacial score (nSPS) is 11.9. The summed E-state index contributed by atoms with van der Waals surface area (Å²) >= 11 is 0. The molecule has 0 fully saturated rings. The van der Waals surface area contributed by atoms with E-state index in [1.165, 1.54) is 69.2 Å². The zero-order chi connectivity index (χ0) is 18.9. The Morgan fingerprint density at radius 3 is 1.42 bits per heavy atom. The zero-order valence-corrected chi connectivity index (χ0v) is 17.8. The summed E-state index contributed by atoms with van der Waals surface area (Å²) in [4.78, 5) is 0. The first kappa shape index (κ1) is 26.1. The van der Waals surface area contributed by atoms with Gasteiger partial charge in [0.1, 0.15) is 0 Å². The molecule has 0 aromatic carbocycles. The quantitative estimate of drug-likeness (QED) is 0.258. The number of nitrogens with zero attached hydrogens (tertiary/aromatic N) is 1. The minimum absolute atomic E-state index is 0.0842. The standard InChI is InChI=1S/C11H26N.C8H18O3S/c1-5-9-12(8-4,10-6-2)11-7-3;1-2-3-4-5-6-7-8-12(9,10)11/h5-11H2,1-4H3;2-8H2,1H3,(H,9,10,11)/q+1;. The number of quaternary nitrogens is 1. The SMILES string of the molecule is CCCCCCCCS(=O)(=O)O.CCC[N+](CC)(CCC)CCC. The van der Waals surface area contributed by atoms with Crippen LogP contribution in [0.2, 0.25) is 0 Å². The summed E-state index contributed by atoms with van der Waals surface area (Å²) in [5.74, 6) is -0.0842. The van der Waals surface area contributed by atoms with Crippen LogP contribution in [0.1, 0.15) is 92.4 Å². The van der Waals surface area contributed by atoms with Gasteiger partial charge in [-0.15, -0.1) is 0 Å². The third kappa shape index (κ3) is 16.7. The largest absolute Gasteiger partial charge is 0.324 e. The van der Waals surface area contributed by atoms with Crippen LogP contribution in [0.25, 0.3) is 0 Å². The maximum Gasteiger partial charge on any atom is 0.264 e. The van der Waals surface area contributed by atoms with Gasteiger partial charge in [0, 0.05) is 0 Å². The maximum atomic E-state index is 10.3. The lowest BCUT2D eigenvalue weighted by Gasteiger charge is -2.37. The second kappa shape index (κ2) is 16.3. The second-order valence-corrected chi connectivity index (χ2v) is 8.45. The molecule has 0 aromatic heterocycles. The van der Waals surface area contributed by atoms with E-state index in [2.05, 4.69) is 34.6 Å². The van der Waals surface area contributed by atoms with Gasteiger partial charge >= 0.3 is 0 Å². The topological polar surface area (TPSA) is 54.4 Å². The Morgan fingerprint density at radius 2 is 1.08 bits per heavy atom. The molecular formula is C19H44NO3S+. The fourth-order valence-electron chi connectivity index (χ4n) is 3.30. The van der Waals surface area contributed by atoms with Crippen LogP contribution in [0.3, 0.4) is 0 Å². The van der Waals surface area contributed by atoms with E-state index >= 15 is 0 Å². The summed E-state index contributed by atoms with van der Waals surface area (Å²) in [6.07, 6.45) is 10.1.